The Bertz CT molecular complexity index is 792. The third-order valence-electron chi connectivity index (χ3n) is 6.43. The van der Waals surface area contributed by atoms with Crippen molar-refractivity contribution in [1.82, 2.24) is 13.8 Å². The fourth-order valence-electron chi connectivity index (χ4n) is 4.34. The predicted octanol–water partition coefficient (Wildman–Crippen LogP) is 3.16. The number of piperidine rings is 2. The topological polar surface area (TPSA) is 62.6 Å². The highest BCUT2D eigenvalue weighted by Crippen LogP contribution is 2.29. The number of likely N-dealkylation sites (tertiary alicyclic amines) is 1. The van der Waals surface area contributed by atoms with Crippen molar-refractivity contribution in [3.8, 4) is 0 Å². The molecule has 1 amide bonds. The van der Waals surface area contributed by atoms with Crippen molar-refractivity contribution in [3.05, 3.63) is 17.5 Å². The quantitative estimate of drug-likeness (QED) is 0.787. The minimum Gasteiger partial charge on any atom is -0.343 e. The Kier molecular flexibility index (Phi) is 6.01. The van der Waals surface area contributed by atoms with Crippen LogP contribution in [0.1, 0.15) is 68.6 Å². The fraction of sp³-hybridized carbons (Fsp3) is 0.750. The molecule has 2 aliphatic heterocycles. The molecule has 27 heavy (non-hydrogen) atoms. The number of sulfonamides is 1. The van der Waals surface area contributed by atoms with Crippen LogP contribution in [0.2, 0.25) is 0 Å². The Morgan fingerprint density at radius 2 is 1.81 bits per heavy atom. The molecule has 0 spiro atoms. The molecule has 1 aromatic rings. The summed E-state index contributed by atoms with van der Waals surface area (Å²) in [4.78, 5) is 15.4. The number of carbonyl (C=O) groups excluding carboxylic acids is 1. The molecule has 2 fully saturated rings. The Hall–Kier alpha value is -1.34. The van der Waals surface area contributed by atoms with Crippen molar-refractivity contribution in [2.24, 2.45) is 13.0 Å². The number of amides is 1. The van der Waals surface area contributed by atoms with Crippen LogP contribution in [0, 0.1) is 12.8 Å². The van der Waals surface area contributed by atoms with E-state index in [0.717, 1.165) is 45.1 Å². The summed E-state index contributed by atoms with van der Waals surface area (Å²) >= 11 is 0. The summed E-state index contributed by atoms with van der Waals surface area (Å²) in [6, 6.07) is 1.86. The first-order valence-electron chi connectivity index (χ1n) is 10.2. The van der Waals surface area contributed by atoms with Gasteiger partial charge in [-0.15, -0.1) is 0 Å². The molecule has 1 atom stereocenters. The van der Waals surface area contributed by atoms with Crippen molar-refractivity contribution in [2.75, 3.05) is 19.6 Å². The molecule has 0 aromatic carbocycles. The third-order valence-corrected chi connectivity index (χ3v) is 8.44. The van der Waals surface area contributed by atoms with E-state index in [1.54, 1.807) is 28.9 Å². The molecular formula is C20H33N3O3S. The van der Waals surface area contributed by atoms with Gasteiger partial charge >= 0.3 is 0 Å². The zero-order valence-corrected chi connectivity index (χ0v) is 17.9. The lowest BCUT2D eigenvalue weighted by Crippen LogP contribution is -2.44. The summed E-state index contributed by atoms with van der Waals surface area (Å²) < 4.78 is 29.7. The zero-order valence-electron chi connectivity index (χ0n) is 17.1. The molecule has 0 aliphatic carbocycles. The van der Waals surface area contributed by atoms with Crippen LogP contribution in [0.15, 0.2) is 11.0 Å². The number of carbonyl (C=O) groups is 1. The molecule has 2 aliphatic rings. The molecule has 7 heteroatoms. The molecule has 0 saturated carbocycles. The van der Waals surface area contributed by atoms with Crippen LogP contribution in [0.4, 0.5) is 0 Å². The smallest absolute Gasteiger partial charge is 0.270 e. The molecule has 3 heterocycles. The average Bonchev–Trinajstić information content (AvgIpc) is 2.97. The Balaban J connectivity index is 1.90. The SMILES string of the molecule is CC[C@@H]1CCCCN1C(=O)c1cc(S(=O)(=O)N2CCC(C)CC2)c(C)n1C. The van der Waals surface area contributed by atoms with Crippen LogP contribution < -0.4 is 0 Å². The second-order valence-electron chi connectivity index (χ2n) is 8.18. The van der Waals surface area contributed by atoms with Gasteiger partial charge in [0, 0.05) is 38.4 Å². The Labute approximate surface area is 163 Å². The molecule has 0 unspecified atom stereocenters. The normalized spacial score (nSPS) is 23.0. The standard InChI is InChI=1S/C20H33N3O3S/c1-5-17-8-6-7-11-23(17)20(24)18-14-19(16(3)21(18)4)27(25,26)22-12-9-15(2)10-13-22/h14-15,17H,5-13H2,1-4H3/t17-/m1/s1. The summed E-state index contributed by atoms with van der Waals surface area (Å²) in [5, 5.41) is 0. The van der Waals surface area contributed by atoms with E-state index in [9.17, 15) is 13.2 Å². The van der Waals surface area contributed by atoms with Gasteiger partial charge in [-0.25, -0.2) is 8.42 Å². The minimum absolute atomic E-state index is 0.0409. The number of nitrogens with zero attached hydrogens (tertiary/aromatic N) is 3. The lowest BCUT2D eigenvalue weighted by Gasteiger charge is -2.35. The van der Waals surface area contributed by atoms with E-state index >= 15 is 0 Å². The second kappa shape index (κ2) is 7.95. The van der Waals surface area contributed by atoms with E-state index in [4.69, 9.17) is 0 Å². The zero-order chi connectivity index (χ0) is 19.8. The number of rotatable bonds is 4. The number of hydrogen-bond acceptors (Lipinski definition) is 3. The Morgan fingerprint density at radius 1 is 1.15 bits per heavy atom. The van der Waals surface area contributed by atoms with E-state index in [-0.39, 0.29) is 16.8 Å². The van der Waals surface area contributed by atoms with Gasteiger partial charge in [-0.1, -0.05) is 13.8 Å². The lowest BCUT2D eigenvalue weighted by molar-refractivity contribution is 0.0598. The third kappa shape index (κ3) is 3.81. The number of aromatic nitrogens is 1. The summed E-state index contributed by atoms with van der Waals surface area (Å²) in [7, 11) is -1.76. The average molecular weight is 396 g/mol. The van der Waals surface area contributed by atoms with Gasteiger partial charge in [0.15, 0.2) is 0 Å². The van der Waals surface area contributed by atoms with Crippen LogP contribution in [0.25, 0.3) is 0 Å². The van der Waals surface area contributed by atoms with E-state index in [1.807, 2.05) is 4.90 Å². The van der Waals surface area contributed by atoms with Crippen LogP contribution in [-0.2, 0) is 17.1 Å². The molecule has 1 aromatic heterocycles. The van der Waals surface area contributed by atoms with Gasteiger partial charge in [0.1, 0.15) is 10.6 Å². The maximum atomic E-state index is 13.2. The van der Waals surface area contributed by atoms with Gasteiger partial charge in [0.05, 0.1) is 0 Å². The highest BCUT2D eigenvalue weighted by Gasteiger charge is 2.34. The van der Waals surface area contributed by atoms with Crippen LogP contribution in [-0.4, -0.2) is 53.8 Å². The fourth-order valence-corrected chi connectivity index (χ4v) is 6.08. The lowest BCUT2D eigenvalue weighted by atomic mass is 9.99. The first kappa shape index (κ1) is 20.4. The Morgan fingerprint density at radius 3 is 2.44 bits per heavy atom. The van der Waals surface area contributed by atoms with Crippen LogP contribution >= 0.6 is 0 Å². The van der Waals surface area contributed by atoms with Crippen LogP contribution in [0.5, 0.6) is 0 Å². The van der Waals surface area contributed by atoms with Gasteiger partial charge in [-0.2, -0.15) is 4.31 Å². The molecule has 0 bridgehead atoms. The first-order valence-corrected chi connectivity index (χ1v) is 11.7. The van der Waals surface area contributed by atoms with Crippen molar-refractivity contribution in [2.45, 2.75) is 70.2 Å². The van der Waals surface area contributed by atoms with E-state index in [1.165, 1.54) is 0 Å². The van der Waals surface area contributed by atoms with Gasteiger partial charge < -0.3 is 9.47 Å². The highest BCUT2D eigenvalue weighted by molar-refractivity contribution is 7.89. The van der Waals surface area contributed by atoms with Crippen molar-refractivity contribution < 1.29 is 13.2 Å². The summed E-state index contributed by atoms with van der Waals surface area (Å²) in [6.45, 7) is 7.95. The van der Waals surface area contributed by atoms with E-state index < -0.39 is 10.0 Å². The van der Waals surface area contributed by atoms with E-state index in [0.29, 0.717) is 30.4 Å². The maximum absolute atomic E-state index is 13.2. The number of hydrogen-bond donors (Lipinski definition) is 0. The molecule has 2 saturated heterocycles. The molecule has 3 rings (SSSR count). The molecule has 0 N–H and O–H groups in total. The highest BCUT2D eigenvalue weighted by atomic mass is 32.2. The summed E-state index contributed by atoms with van der Waals surface area (Å²) in [5.41, 5.74) is 1.12. The molecule has 0 radical (unpaired) electrons. The first-order chi connectivity index (χ1) is 12.8. The van der Waals surface area contributed by atoms with Crippen molar-refractivity contribution in [1.29, 1.82) is 0 Å². The second-order valence-corrected chi connectivity index (χ2v) is 10.1. The summed E-state index contributed by atoms with van der Waals surface area (Å²) in [5.74, 6) is 0.524. The van der Waals surface area contributed by atoms with E-state index in [2.05, 4.69) is 13.8 Å². The monoisotopic (exact) mass is 395 g/mol. The van der Waals surface area contributed by atoms with Gasteiger partial charge in [0.2, 0.25) is 10.0 Å². The van der Waals surface area contributed by atoms with Gasteiger partial charge in [-0.3, -0.25) is 4.79 Å². The largest absolute Gasteiger partial charge is 0.343 e. The van der Waals surface area contributed by atoms with Crippen molar-refractivity contribution >= 4 is 15.9 Å². The maximum Gasteiger partial charge on any atom is 0.270 e. The summed E-state index contributed by atoms with van der Waals surface area (Å²) in [6.07, 6.45) is 5.92. The predicted molar refractivity (Wildman–Crippen MR) is 106 cm³/mol. The minimum atomic E-state index is -3.56. The molecule has 152 valence electrons. The van der Waals surface area contributed by atoms with Gasteiger partial charge in [-0.05, 0) is 57.4 Å². The van der Waals surface area contributed by atoms with Crippen molar-refractivity contribution in [3.63, 3.8) is 0 Å². The van der Waals surface area contributed by atoms with Gasteiger partial charge in [0.25, 0.3) is 5.91 Å². The van der Waals surface area contributed by atoms with Crippen LogP contribution in [0.3, 0.4) is 0 Å². The molecular weight excluding hydrogens is 362 g/mol. The molecule has 6 nitrogen and oxygen atoms in total.